The minimum Gasteiger partial charge on any atom is -0.497 e. The maximum absolute atomic E-state index is 12.6. The molecule has 26 heavy (non-hydrogen) atoms. The first kappa shape index (κ1) is 16.0. The fraction of sp³-hybridized carbons (Fsp3) is 0.0952. The van der Waals surface area contributed by atoms with Crippen molar-refractivity contribution in [2.24, 2.45) is 0 Å². The van der Waals surface area contributed by atoms with Crippen LogP contribution in [0.25, 0.3) is 22.0 Å². The van der Waals surface area contributed by atoms with Crippen LogP contribution in [0.3, 0.4) is 0 Å². The number of fused-ring (bicyclic) bond motifs is 1. The second kappa shape index (κ2) is 6.80. The number of pyridine rings is 1. The van der Waals surface area contributed by atoms with Crippen LogP contribution in [0, 0.1) is 0 Å². The average molecular weight is 343 g/mol. The standard InChI is InChI=1S/C21H17N3O2/c1-26-18-7-3-6-17(11-18)16-5-2-4-15(10-16)13-24-14-23-20-12-22-9-8-19(20)21(24)25/h2-12,14H,13H2,1H3. The van der Waals surface area contributed by atoms with Gasteiger partial charge in [-0.05, 0) is 41.0 Å². The minimum atomic E-state index is -0.0656. The van der Waals surface area contributed by atoms with Crippen LogP contribution in [0.4, 0.5) is 0 Å². The molecular formula is C21H17N3O2. The highest BCUT2D eigenvalue weighted by Gasteiger charge is 2.06. The number of rotatable bonds is 4. The van der Waals surface area contributed by atoms with E-state index < -0.39 is 0 Å². The van der Waals surface area contributed by atoms with Crippen LogP contribution >= 0.6 is 0 Å². The Morgan fingerprint density at radius 2 is 1.85 bits per heavy atom. The topological polar surface area (TPSA) is 57.0 Å². The summed E-state index contributed by atoms with van der Waals surface area (Å²) in [6.07, 6.45) is 4.79. The van der Waals surface area contributed by atoms with Crippen molar-refractivity contribution in [2.75, 3.05) is 7.11 Å². The van der Waals surface area contributed by atoms with E-state index >= 15 is 0 Å². The van der Waals surface area contributed by atoms with E-state index in [1.807, 2.05) is 42.5 Å². The van der Waals surface area contributed by atoms with Crippen LogP contribution in [-0.2, 0) is 6.54 Å². The molecule has 0 spiro atoms. The van der Waals surface area contributed by atoms with Crippen molar-refractivity contribution in [1.82, 2.24) is 14.5 Å². The van der Waals surface area contributed by atoms with Gasteiger partial charge in [0.05, 0.1) is 37.1 Å². The zero-order valence-electron chi connectivity index (χ0n) is 14.3. The first-order valence-corrected chi connectivity index (χ1v) is 8.27. The molecule has 0 N–H and O–H groups in total. The molecule has 2 heterocycles. The Hall–Kier alpha value is -3.47. The van der Waals surface area contributed by atoms with Gasteiger partial charge < -0.3 is 4.74 Å². The number of aromatic nitrogens is 3. The fourth-order valence-electron chi connectivity index (χ4n) is 2.97. The summed E-state index contributed by atoms with van der Waals surface area (Å²) >= 11 is 0. The third-order valence-electron chi connectivity index (χ3n) is 4.31. The summed E-state index contributed by atoms with van der Waals surface area (Å²) in [6, 6.07) is 17.8. The number of hydrogen-bond acceptors (Lipinski definition) is 4. The predicted octanol–water partition coefficient (Wildman–Crippen LogP) is 3.52. The molecule has 2 aromatic heterocycles. The summed E-state index contributed by atoms with van der Waals surface area (Å²) in [5.41, 5.74) is 3.72. The second-order valence-corrected chi connectivity index (χ2v) is 6.00. The van der Waals surface area contributed by atoms with Crippen LogP contribution in [0.5, 0.6) is 5.75 Å². The third-order valence-corrected chi connectivity index (χ3v) is 4.31. The van der Waals surface area contributed by atoms with Crippen molar-refractivity contribution in [3.8, 4) is 16.9 Å². The molecule has 0 radical (unpaired) electrons. The molecule has 0 amide bonds. The smallest absolute Gasteiger partial charge is 0.261 e. The highest BCUT2D eigenvalue weighted by Crippen LogP contribution is 2.24. The van der Waals surface area contributed by atoms with Gasteiger partial charge in [-0.1, -0.05) is 30.3 Å². The van der Waals surface area contributed by atoms with Gasteiger partial charge in [0.25, 0.3) is 5.56 Å². The van der Waals surface area contributed by atoms with Crippen LogP contribution in [0.2, 0.25) is 0 Å². The number of hydrogen-bond donors (Lipinski definition) is 0. The van der Waals surface area contributed by atoms with Gasteiger partial charge in [0, 0.05) is 6.20 Å². The SMILES string of the molecule is COc1cccc(-c2cccc(Cn3cnc4cnccc4c3=O)c2)c1. The van der Waals surface area contributed by atoms with Gasteiger partial charge in [0.2, 0.25) is 0 Å². The fourth-order valence-corrected chi connectivity index (χ4v) is 2.97. The van der Waals surface area contributed by atoms with Gasteiger partial charge in [-0.3, -0.25) is 14.3 Å². The average Bonchev–Trinajstić information content (AvgIpc) is 2.70. The Labute approximate surface area is 150 Å². The van der Waals surface area contributed by atoms with Crippen molar-refractivity contribution in [3.63, 3.8) is 0 Å². The summed E-state index contributed by atoms with van der Waals surface area (Å²) in [5, 5.41) is 0.575. The molecular weight excluding hydrogens is 326 g/mol. The highest BCUT2D eigenvalue weighted by atomic mass is 16.5. The largest absolute Gasteiger partial charge is 0.497 e. The summed E-state index contributed by atoms with van der Waals surface area (Å²) in [5.74, 6) is 0.816. The van der Waals surface area contributed by atoms with Crippen LogP contribution in [-0.4, -0.2) is 21.6 Å². The molecule has 4 rings (SSSR count). The summed E-state index contributed by atoms with van der Waals surface area (Å²) in [7, 11) is 1.66. The Balaban J connectivity index is 1.69. The lowest BCUT2D eigenvalue weighted by Gasteiger charge is -2.09. The minimum absolute atomic E-state index is 0.0656. The monoisotopic (exact) mass is 343 g/mol. The number of nitrogens with zero attached hydrogens (tertiary/aromatic N) is 3. The third kappa shape index (κ3) is 3.07. The highest BCUT2D eigenvalue weighted by molar-refractivity contribution is 5.75. The normalized spacial score (nSPS) is 10.8. The first-order chi connectivity index (χ1) is 12.7. The van der Waals surface area contributed by atoms with Gasteiger partial charge in [-0.25, -0.2) is 4.98 Å². The van der Waals surface area contributed by atoms with E-state index in [4.69, 9.17) is 4.74 Å². The molecule has 128 valence electrons. The Morgan fingerprint density at radius 3 is 2.69 bits per heavy atom. The van der Waals surface area contributed by atoms with Gasteiger partial charge in [0.15, 0.2) is 0 Å². The molecule has 0 saturated carbocycles. The lowest BCUT2D eigenvalue weighted by molar-refractivity contribution is 0.415. The molecule has 4 aromatic rings. The van der Waals surface area contributed by atoms with Crippen LogP contribution in [0.1, 0.15) is 5.56 Å². The quantitative estimate of drug-likeness (QED) is 0.569. The summed E-state index contributed by atoms with van der Waals surface area (Å²) < 4.78 is 6.92. The van der Waals surface area contributed by atoms with E-state index in [1.165, 1.54) is 0 Å². The molecule has 5 heteroatoms. The molecule has 0 atom stereocenters. The van der Waals surface area contributed by atoms with Crippen molar-refractivity contribution in [2.45, 2.75) is 6.54 Å². The summed E-state index contributed by atoms with van der Waals surface area (Å²) in [6.45, 7) is 0.460. The molecule has 0 unspecified atom stereocenters. The molecule has 0 bridgehead atoms. The van der Waals surface area contributed by atoms with Crippen molar-refractivity contribution in [3.05, 3.63) is 89.2 Å². The zero-order valence-corrected chi connectivity index (χ0v) is 14.3. The lowest BCUT2D eigenvalue weighted by atomic mass is 10.0. The zero-order chi connectivity index (χ0) is 17.9. The lowest BCUT2D eigenvalue weighted by Crippen LogP contribution is -2.21. The van der Waals surface area contributed by atoms with E-state index in [0.29, 0.717) is 17.4 Å². The van der Waals surface area contributed by atoms with Crippen molar-refractivity contribution >= 4 is 10.9 Å². The number of methoxy groups -OCH3 is 1. The molecule has 0 fully saturated rings. The van der Waals surface area contributed by atoms with Gasteiger partial charge in [-0.2, -0.15) is 0 Å². The van der Waals surface area contributed by atoms with Crippen molar-refractivity contribution < 1.29 is 4.74 Å². The van der Waals surface area contributed by atoms with E-state index in [0.717, 1.165) is 22.4 Å². The maximum atomic E-state index is 12.6. The molecule has 2 aromatic carbocycles. The molecule has 0 aliphatic carbocycles. The second-order valence-electron chi connectivity index (χ2n) is 6.00. The molecule has 5 nitrogen and oxygen atoms in total. The molecule has 0 aliphatic rings. The maximum Gasteiger partial charge on any atom is 0.261 e. The Morgan fingerprint density at radius 1 is 1.04 bits per heavy atom. The molecule has 0 aliphatic heterocycles. The summed E-state index contributed by atoms with van der Waals surface area (Å²) in [4.78, 5) is 21.0. The molecule has 0 saturated heterocycles. The van der Waals surface area contributed by atoms with Gasteiger partial charge >= 0.3 is 0 Å². The Kier molecular flexibility index (Phi) is 4.19. The van der Waals surface area contributed by atoms with E-state index in [2.05, 4.69) is 16.0 Å². The number of benzene rings is 2. The van der Waals surface area contributed by atoms with Crippen molar-refractivity contribution in [1.29, 1.82) is 0 Å². The number of ether oxygens (including phenoxy) is 1. The van der Waals surface area contributed by atoms with E-state index in [9.17, 15) is 4.79 Å². The van der Waals surface area contributed by atoms with Gasteiger partial charge in [-0.15, -0.1) is 0 Å². The predicted molar refractivity (Wildman–Crippen MR) is 101 cm³/mol. The van der Waals surface area contributed by atoms with Crippen LogP contribution in [0.15, 0.2) is 78.1 Å². The van der Waals surface area contributed by atoms with E-state index in [1.54, 1.807) is 36.5 Å². The van der Waals surface area contributed by atoms with Crippen LogP contribution < -0.4 is 10.3 Å². The first-order valence-electron chi connectivity index (χ1n) is 8.27. The van der Waals surface area contributed by atoms with Gasteiger partial charge in [0.1, 0.15) is 5.75 Å². The Bertz CT molecular complexity index is 1140. The van der Waals surface area contributed by atoms with E-state index in [-0.39, 0.29) is 5.56 Å².